The van der Waals surface area contributed by atoms with Gasteiger partial charge in [-0.2, -0.15) is 0 Å². The first-order valence-electron chi connectivity index (χ1n) is 4.35. The molecule has 1 nitrogen and oxygen atoms in total. The Balaban J connectivity index is 3.18. The van der Waals surface area contributed by atoms with Crippen molar-refractivity contribution >= 4 is 48.7 Å². The van der Waals surface area contributed by atoms with Crippen molar-refractivity contribution in [2.45, 2.75) is 36.3 Å². The molecule has 0 radical (unpaired) electrons. The van der Waals surface area contributed by atoms with Crippen molar-refractivity contribution in [3.05, 3.63) is 11.6 Å². The molecule has 0 N–H and O–H groups in total. The van der Waals surface area contributed by atoms with Crippen molar-refractivity contribution in [1.29, 1.82) is 0 Å². The number of carbonyl (C=O) groups is 1. The van der Waals surface area contributed by atoms with Gasteiger partial charge in [0.2, 0.25) is 5.24 Å². The number of halogens is 3. The summed E-state index contributed by atoms with van der Waals surface area (Å²) in [6.45, 7) is 8.03. The lowest BCUT2D eigenvalue weighted by atomic mass is 10.1. The van der Waals surface area contributed by atoms with Crippen LogP contribution in [0.15, 0.2) is 11.6 Å². The van der Waals surface area contributed by atoms with Crippen LogP contribution in [0.1, 0.15) is 27.7 Å². The minimum atomic E-state index is -0.689. The van der Waals surface area contributed by atoms with Crippen molar-refractivity contribution in [1.82, 2.24) is 0 Å². The maximum absolute atomic E-state index is 11.4. The molecule has 0 bridgehead atoms. The van der Waals surface area contributed by atoms with Crippen LogP contribution >= 0.6 is 43.5 Å². The molecule has 1 aliphatic carbocycles. The number of allylic oxidation sites excluding steroid dienone is 2. The van der Waals surface area contributed by atoms with Gasteiger partial charge < -0.3 is 0 Å². The fraction of sp³-hybridized carbons (Fsp3) is 0.700. The average molecular weight is 344 g/mol. The minimum absolute atomic E-state index is 0.212. The topological polar surface area (TPSA) is 17.1 Å². The molecule has 1 fully saturated rings. The first kappa shape index (κ1) is 12.7. The SMILES string of the molecule is CC(C)=CC1(Br)C(C)(C)C1(Br)C(=O)Cl. The van der Waals surface area contributed by atoms with Gasteiger partial charge in [0, 0.05) is 5.41 Å². The Morgan fingerprint density at radius 2 is 1.71 bits per heavy atom. The van der Waals surface area contributed by atoms with Crippen LogP contribution in [0.4, 0.5) is 0 Å². The van der Waals surface area contributed by atoms with E-state index in [1.807, 2.05) is 33.8 Å². The van der Waals surface area contributed by atoms with Crippen LogP contribution in [0.5, 0.6) is 0 Å². The molecule has 1 aliphatic rings. The van der Waals surface area contributed by atoms with Gasteiger partial charge in [-0.15, -0.1) is 0 Å². The maximum Gasteiger partial charge on any atom is 0.240 e. The molecule has 4 heteroatoms. The monoisotopic (exact) mass is 342 g/mol. The maximum atomic E-state index is 11.4. The predicted molar refractivity (Wildman–Crippen MR) is 67.4 cm³/mol. The third-order valence-corrected chi connectivity index (χ3v) is 7.80. The van der Waals surface area contributed by atoms with Crippen LogP contribution in [0.2, 0.25) is 0 Å². The summed E-state index contributed by atoms with van der Waals surface area (Å²) >= 11 is 12.7. The zero-order valence-electron chi connectivity index (χ0n) is 8.62. The summed E-state index contributed by atoms with van der Waals surface area (Å²) in [4.78, 5) is 11.4. The Morgan fingerprint density at radius 3 is 1.93 bits per heavy atom. The molecule has 0 heterocycles. The van der Waals surface area contributed by atoms with Crippen molar-refractivity contribution in [3.8, 4) is 0 Å². The molecular formula is C10H13Br2ClO. The van der Waals surface area contributed by atoms with E-state index >= 15 is 0 Å². The van der Waals surface area contributed by atoms with E-state index < -0.39 is 4.32 Å². The summed E-state index contributed by atoms with van der Waals surface area (Å²) in [6.07, 6.45) is 2.04. The van der Waals surface area contributed by atoms with E-state index in [0.29, 0.717) is 0 Å². The predicted octanol–water partition coefficient (Wildman–Crippen LogP) is 4.03. The van der Waals surface area contributed by atoms with Gasteiger partial charge in [-0.05, 0) is 25.4 Å². The molecule has 0 aromatic carbocycles. The molecular weight excluding hydrogens is 331 g/mol. The van der Waals surface area contributed by atoms with Crippen molar-refractivity contribution in [2.24, 2.45) is 5.41 Å². The van der Waals surface area contributed by atoms with Gasteiger partial charge in [-0.1, -0.05) is 57.4 Å². The van der Waals surface area contributed by atoms with Gasteiger partial charge in [0.25, 0.3) is 0 Å². The first-order valence-corrected chi connectivity index (χ1v) is 6.31. The van der Waals surface area contributed by atoms with E-state index in [1.54, 1.807) is 0 Å². The second-order valence-electron chi connectivity index (χ2n) is 4.49. The number of hydrogen-bond donors (Lipinski definition) is 0. The molecule has 0 saturated heterocycles. The molecule has 0 aromatic heterocycles. The van der Waals surface area contributed by atoms with Crippen LogP contribution in [0.25, 0.3) is 0 Å². The fourth-order valence-electron chi connectivity index (χ4n) is 1.87. The summed E-state index contributed by atoms with van der Waals surface area (Å²) in [7, 11) is 0. The van der Waals surface area contributed by atoms with E-state index in [-0.39, 0.29) is 15.0 Å². The van der Waals surface area contributed by atoms with Crippen molar-refractivity contribution in [2.75, 3.05) is 0 Å². The zero-order chi connectivity index (χ0) is 11.4. The van der Waals surface area contributed by atoms with E-state index in [2.05, 4.69) is 31.9 Å². The Kier molecular flexibility index (Phi) is 3.02. The molecule has 0 spiro atoms. The Bertz CT molecular complexity index is 320. The quantitative estimate of drug-likeness (QED) is 0.420. The molecule has 2 atom stereocenters. The first-order chi connectivity index (χ1) is 6.11. The third-order valence-electron chi connectivity index (χ3n) is 2.97. The van der Waals surface area contributed by atoms with Crippen LogP contribution in [0.3, 0.4) is 0 Å². The largest absolute Gasteiger partial charge is 0.280 e. The van der Waals surface area contributed by atoms with Gasteiger partial charge in [-0.25, -0.2) is 0 Å². The van der Waals surface area contributed by atoms with E-state index in [0.717, 1.165) is 5.57 Å². The number of rotatable bonds is 2. The summed E-state index contributed by atoms with van der Waals surface area (Å²) in [6, 6.07) is 0. The number of alkyl halides is 2. The number of carbonyl (C=O) groups excluding carboxylic acids is 1. The van der Waals surface area contributed by atoms with E-state index in [9.17, 15) is 4.79 Å². The standard InChI is InChI=1S/C10H13Br2ClO/c1-6(2)5-9(11)8(3,4)10(9,12)7(13)14/h5H,1-4H3. The minimum Gasteiger partial charge on any atom is -0.280 e. The molecule has 1 rings (SSSR count). The molecule has 2 unspecified atom stereocenters. The lowest BCUT2D eigenvalue weighted by Crippen LogP contribution is -2.19. The van der Waals surface area contributed by atoms with Crippen molar-refractivity contribution in [3.63, 3.8) is 0 Å². The lowest BCUT2D eigenvalue weighted by molar-refractivity contribution is -0.112. The van der Waals surface area contributed by atoms with Crippen LogP contribution in [-0.2, 0) is 4.79 Å². The fourth-order valence-corrected chi connectivity index (χ4v) is 4.79. The van der Waals surface area contributed by atoms with Gasteiger partial charge >= 0.3 is 0 Å². The van der Waals surface area contributed by atoms with Gasteiger partial charge in [-0.3, -0.25) is 4.79 Å². The normalized spacial score (nSPS) is 39.1. The lowest BCUT2D eigenvalue weighted by Gasteiger charge is -2.07. The smallest absolute Gasteiger partial charge is 0.240 e. The second kappa shape index (κ2) is 3.33. The molecule has 80 valence electrons. The Labute approximate surface area is 107 Å². The van der Waals surface area contributed by atoms with Crippen LogP contribution in [-0.4, -0.2) is 13.9 Å². The van der Waals surface area contributed by atoms with Crippen molar-refractivity contribution < 1.29 is 4.79 Å². The Hall–Kier alpha value is 0.660. The Morgan fingerprint density at radius 1 is 1.29 bits per heavy atom. The van der Waals surface area contributed by atoms with Gasteiger partial charge in [0.05, 0.1) is 4.32 Å². The molecule has 14 heavy (non-hydrogen) atoms. The summed E-state index contributed by atoms with van der Waals surface area (Å²) in [5, 5.41) is -0.350. The average Bonchev–Trinajstić information content (AvgIpc) is 2.30. The molecule has 0 aliphatic heterocycles. The van der Waals surface area contributed by atoms with Crippen LogP contribution in [0, 0.1) is 5.41 Å². The second-order valence-corrected chi connectivity index (χ2v) is 7.27. The summed E-state index contributed by atoms with van der Waals surface area (Å²) in [5.74, 6) is 0. The molecule has 1 saturated carbocycles. The van der Waals surface area contributed by atoms with Gasteiger partial charge in [0.1, 0.15) is 4.32 Å². The highest BCUT2D eigenvalue weighted by Crippen LogP contribution is 2.76. The van der Waals surface area contributed by atoms with E-state index in [4.69, 9.17) is 11.6 Å². The molecule has 0 aromatic rings. The molecule has 0 amide bonds. The number of hydrogen-bond acceptors (Lipinski definition) is 1. The summed E-state index contributed by atoms with van der Waals surface area (Å²) in [5.41, 5.74) is 0.949. The zero-order valence-corrected chi connectivity index (χ0v) is 12.5. The van der Waals surface area contributed by atoms with Crippen LogP contribution < -0.4 is 0 Å². The third kappa shape index (κ3) is 1.28. The van der Waals surface area contributed by atoms with Gasteiger partial charge in [0.15, 0.2) is 0 Å². The van der Waals surface area contributed by atoms with E-state index in [1.165, 1.54) is 0 Å². The highest BCUT2D eigenvalue weighted by molar-refractivity contribution is 9.13. The highest BCUT2D eigenvalue weighted by atomic mass is 79.9. The summed E-state index contributed by atoms with van der Waals surface area (Å²) < 4.78 is -1.06. The highest BCUT2D eigenvalue weighted by Gasteiger charge is 2.83.